The molecule has 0 saturated heterocycles. The van der Waals surface area contributed by atoms with Crippen LogP contribution >= 0.6 is 11.6 Å². The zero-order chi connectivity index (χ0) is 14.8. The maximum atomic E-state index is 11.7. The van der Waals surface area contributed by atoms with Gasteiger partial charge in [0.1, 0.15) is 5.60 Å². The highest BCUT2D eigenvalue weighted by Crippen LogP contribution is 2.25. The Hall–Kier alpha value is -1.75. The summed E-state index contributed by atoms with van der Waals surface area (Å²) < 4.78 is 5.07. The van der Waals surface area contributed by atoms with E-state index in [0.29, 0.717) is 10.6 Å². The Morgan fingerprint density at radius 1 is 1.32 bits per heavy atom. The van der Waals surface area contributed by atoms with Crippen molar-refractivity contribution in [3.63, 3.8) is 0 Å². The lowest BCUT2D eigenvalue weighted by molar-refractivity contribution is 0.0636. The Kier molecular flexibility index (Phi) is 4.42. The molecule has 1 rings (SSSR count). The molecule has 2 N–H and O–H groups in total. The summed E-state index contributed by atoms with van der Waals surface area (Å²) in [5.41, 5.74) is -0.0887. The van der Waals surface area contributed by atoms with Crippen molar-refractivity contribution in [2.24, 2.45) is 0 Å². The molecule has 1 aromatic carbocycles. The van der Waals surface area contributed by atoms with Crippen molar-refractivity contribution in [2.75, 3.05) is 5.32 Å². The molecule has 0 aromatic heterocycles. The Balaban J connectivity index is 3.07. The second-order valence-electron chi connectivity index (χ2n) is 5.08. The van der Waals surface area contributed by atoms with E-state index in [9.17, 15) is 9.59 Å². The lowest BCUT2D eigenvalue weighted by Gasteiger charge is -2.20. The number of nitrogens with one attached hydrogen (secondary N) is 1. The van der Waals surface area contributed by atoms with Crippen LogP contribution in [0.25, 0.3) is 0 Å². The summed E-state index contributed by atoms with van der Waals surface area (Å²) in [6.07, 6.45) is -0.725. The van der Waals surface area contributed by atoms with Crippen molar-refractivity contribution >= 4 is 29.4 Å². The van der Waals surface area contributed by atoms with Crippen LogP contribution in [0.4, 0.5) is 10.5 Å². The van der Waals surface area contributed by atoms with Crippen LogP contribution in [0.15, 0.2) is 12.1 Å². The molecule has 5 nitrogen and oxygen atoms in total. The van der Waals surface area contributed by atoms with E-state index >= 15 is 0 Å². The number of halogens is 1. The fourth-order valence-electron chi connectivity index (χ4n) is 1.54. The minimum absolute atomic E-state index is 0.00439. The summed E-state index contributed by atoms with van der Waals surface area (Å²) in [6.45, 7) is 6.76. The summed E-state index contributed by atoms with van der Waals surface area (Å²) in [4.78, 5) is 22.8. The summed E-state index contributed by atoms with van der Waals surface area (Å²) in [7, 11) is 0. The number of benzene rings is 1. The molecule has 0 aliphatic carbocycles. The molecule has 0 spiro atoms. The second kappa shape index (κ2) is 5.48. The predicted octanol–water partition coefficient (Wildman–Crippen LogP) is 3.69. The molecular weight excluding hydrogens is 270 g/mol. The largest absolute Gasteiger partial charge is 0.478 e. The van der Waals surface area contributed by atoms with Crippen LogP contribution in [-0.2, 0) is 4.74 Å². The number of ether oxygens (including phenoxy) is 1. The number of carboxylic acid groups (broad SMARTS) is 1. The topological polar surface area (TPSA) is 75.6 Å². The third kappa shape index (κ3) is 4.44. The lowest BCUT2D eigenvalue weighted by Crippen LogP contribution is -2.27. The summed E-state index contributed by atoms with van der Waals surface area (Å²) >= 11 is 5.86. The molecule has 0 bridgehead atoms. The summed E-state index contributed by atoms with van der Waals surface area (Å²) in [5.74, 6) is -1.14. The highest BCUT2D eigenvalue weighted by Gasteiger charge is 2.20. The van der Waals surface area contributed by atoms with Gasteiger partial charge in [0.05, 0.1) is 11.3 Å². The number of anilines is 1. The van der Waals surface area contributed by atoms with Crippen molar-refractivity contribution in [1.29, 1.82) is 0 Å². The Morgan fingerprint density at radius 2 is 1.89 bits per heavy atom. The zero-order valence-corrected chi connectivity index (χ0v) is 12.0. The zero-order valence-electron chi connectivity index (χ0n) is 11.2. The average Bonchev–Trinajstić information content (AvgIpc) is 2.10. The van der Waals surface area contributed by atoms with Gasteiger partial charge in [0.25, 0.3) is 0 Å². The fraction of sp³-hybridized carbons (Fsp3) is 0.385. The minimum Gasteiger partial charge on any atom is -0.478 e. The number of rotatable bonds is 2. The molecule has 0 fully saturated rings. The number of amides is 1. The maximum absolute atomic E-state index is 11.7. The van der Waals surface area contributed by atoms with Gasteiger partial charge in [0, 0.05) is 5.02 Å². The molecule has 19 heavy (non-hydrogen) atoms. The molecular formula is C13H16ClNO4. The number of hydrogen-bond donors (Lipinski definition) is 2. The van der Waals surface area contributed by atoms with E-state index in [1.165, 1.54) is 12.1 Å². The van der Waals surface area contributed by atoms with E-state index in [-0.39, 0.29) is 11.3 Å². The standard InChI is InChI=1S/C13H16ClNO4/c1-7-5-8(14)6-9(10(7)11(16)17)15-12(18)19-13(2,3)4/h5-6H,1-4H3,(H,15,18)(H,16,17). The first-order chi connectivity index (χ1) is 8.60. The molecule has 0 unspecified atom stereocenters. The van der Waals surface area contributed by atoms with E-state index in [0.717, 1.165) is 0 Å². The van der Waals surface area contributed by atoms with Gasteiger partial charge in [-0.25, -0.2) is 9.59 Å². The van der Waals surface area contributed by atoms with Gasteiger partial charge in [0.2, 0.25) is 0 Å². The number of carbonyl (C=O) groups is 2. The van der Waals surface area contributed by atoms with Crippen LogP contribution in [0.1, 0.15) is 36.7 Å². The van der Waals surface area contributed by atoms with Gasteiger partial charge in [-0.1, -0.05) is 11.6 Å². The van der Waals surface area contributed by atoms with Gasteiger partial charge >= 0.3 is 12.1 Å². The van der Waals surface area contributed by atoms with Gasteiger partial charge < -0.3 is 9.84 Å². The van der Waals surface area contributed by atoms with Crippen molar-refractivity contribution in [2.45, 2.75) is 33.3 Å². The monoisotopic (exact) mass is 285 g/mol. The Bertz CT molecular complexity index is 520. The number of carbonyl (C=O) groups excluding carboxylic acids is 1. The summed E-state index contributed by atoms with van der Waals surface area (Å²) in [6, 6.07) is 2.90. The van der Waals surface area contributed by atoms with Crippen molar-refractivity contribution in [3.8, 4) is 0 Å². The molecule has 1 aromatic rings. The molecule has 1 amide bonds. The summed E-state index contributed by atoms with van der Waals surface area (Å²) in [5, 5.41) is 11.9. The molecule has 0 heterocycles. The molecule has 6 heteroatoms. The van der Waals surface area contributed by atoms with Crippen LogP contribution in [0.2, 0.25) is 5.02 Å². The first kappa shape index (κ1) is 15.3. The van der Waals surface area contributed by atoms with Crippen LogP contribution in [-0.4, -0.2) is 22.8 Å². The third-order valence-electron chi connectivity index (χ3n) is 2.15. The van der Waals surface area contributed by atoms with Gasteiger partial charge in [-0.05, 0) is 45.4 Å². The van der Waals surface area contributed by atoms with Crippen LogP contribution in [0.5, 0.6) is 0 Å². The van der Waals surface area contributed by atoms with E-state index in [1.807, 2.05) is 0 Å². The van der Waals surface area contributed by atoms with Gasteiger partial charge in [-0.15, -0.1) is 0 Å². The normalized spacial score (nSPS) is 11.0. The van der Waals surface area contributed by atoms with Crippen LogP contribution < -0.4 is 5.32 Å². The van der Waals surface area contributed by atoms with Gasteiger partial charge in [0.15, 0.2) is 0 Å². The average molecular weight is 286 g/mol. The maximum Gasteiger partial charge on any atom is 0.412 e. The molecule has 0 saturated carbocycles. The SMILES string of the molecule is Cc1cc(Cl)cc(NC(=O)OC(C)(C)C)c1C(=O)O. The van der Waals surface area contributed by atoms with Crippen molar-refractivity contribution in [1.82, 2.24) is 0 Å². The molecule has 0 aliphatic heterocycles. The van der Waals surface area contributed by atoms with E-state index in [2.05, 4.69) is 5.32 Å². The van der Waals surface area contributed by atoms with E-state index in [4.69, 9.17) is 21.4 Å². The minimum atomic E-state index is -1.14. The van der Waals surface area contributed by atoms with Crippen molar-refractivity contribution in [3.05, 3.63) is 28.3 Å². The smallest absolute Gasteiger partial charge is 0.412 e. The highest BCUT2D eigenvalue weighted by molar-refractivity contribution is 6.31. The van der Waals surface area contributed by atoms with E-state index < -0.39 is 17.7 Å². The number of hydrogen-bond acceptors (Lipinski definition) is 3. The molecule has 0 aliphatic rings. The van der Waals surface area contributed by atoms with Crippen molar-refractivity contribution < 1.29 is 19.4 Å². The number of carboxylic acids is 1. The Morgan fingerprint density at radius 3 is 2.37 bits per heavy atom. The number of aromatic carboxylic acids is 1. The number of aryl methyl sites for hydroxylation is 1. The highest BCUT2D eigenvalue weighted by atomic mass is 35.5. The quantitative estimate of drug-likeness (QED) is 0.869. The van der Waals surface area contributed by atoms with E-state index in [1.54, 1.807) is 27.7 Å². The lowest BCUT2D eigenvalue weighted by atomic mass is 10.1. The van der Waals surface area contributed by atoms with Crippen LogP contribution in [0, 0.1) is 6.92 Å². The molecule has 0 atom stereocenters. The molecule has 104 valence electrons. The second-order valence-corrected chi connectivity index (χ2v) is 5.51. The molecule has 0 radical (unpaired) electrons. The predicted molar refractivity (Wildman–Crippen MR) is 73.0 cm³/mol. The first-order valence-electron chi connectivity index (χ1n) is 5.63. The Labute approximate surface area is 116 Å². The first-order valence-corrected chi connectivity index (χ1v) is 6.01. The van der Waals surface area contributed by atoms with Gasteiger partial charge in [-0.2, -0.15) is 0 Å². The van der Waals surface area contributed by atoms with Crippen LogP contribution in [0.3, 0.4) is 0 Å². The fourth-order valence-corrected chi connectivity index (χ4v) is 1.81. The third-order valence-corrected chi connectivity index (χ3v) is 2.37. The van der Waals surface area contributed by atoms with Gasteiger partial charge in [-0.3, -0.25) is 5.32 Å².